The molecule has 1 aliphatic heterocycles. The molecule has 3 rings (SSSR count). The van der Waals surface area contributed by atoms with Crippen LogP contribution in [0.3, 0.4) is 0 Å². The van der Waals surface area contributed by atoms with Crippen LogP contribution in [0.25, 0.3) is 10.9 Å². The molecule has 2 heteroatoms. The summed E-state index contributed by atoms with van der Waals surface area (Å²) >= 11 is 0. The Bertz CT molecular complexity index is 498. The fourth-order valence-corrected chi connectivity index (χ4v) is 2.70. The number of nitrogens with one attached hydrogen (secondary N) is 1. The SMILES string of the molecule is CCN1CCCc2[nH]c3ccccc3c2C1. The first-order valence-electron chi connectivity index (χ1n) is 6.19. The molecule has 1 aromatic carbocycles. The van der Waals surface area contributed by atoms with Crippen LogP contribution in [-0.4, -0.2) is 23.0 Å². The summed E-state index contributed by atoms with van der Waals surface area (Å²) in [5.74, 6) is 0. The van der Waals surface area contributed by atoms with E-state index in [1.807, 2.05) is 0 Å². The Labute approximate surface area is 96.3 Å². The van der Waals surface area contributed by atoms with E-state index >= 15 is 0 Å². The third kappa shape index (κ3) is 1.54. The summed E-state index contributed by atoms with van der Waals surface area (Å²) in [5, 5.41) is 1.41. The lowest BCUT2D eigenvalue weighted by atomic mass is 10.1. The van der Waals surface area contributed by atoms with E-state index in [1.165, 1.54) is 41.5 Å². The van der Waals surface area contributed by atoms with Gasteiger partial charge in [0.15, 0.2) is 0 Å². The van der Waals surface area contributed by atoms with Gasteiger partial charge < -0.3 is 4.98 Å². The second kappa shape index (κ2) is 3.95. The molecule has 1 N–H and O–H groups in total. The summed E-state index contributed by atoms with van der Waals surface area (Å²) in [4.78, 5) is 6.11. The maximum Gasteiger partial charge on any atom is 0.0459 e. The number of hydrogen-bond acceptors (Lipinski definition) is 1. The molecule has 16 heavy (non-hydrogen) atoms. The van der Waals surface area contributed by atoms with Gasteiger partial charge in [-0.3, -0.25) is 4.90 Å². The van der Waals surface area contributed by atoms with E-state index in [-0.39, 0.29) is 0 Å². The van der Waals surface area contributed by atoms with Gasteiger partial charge in [0.05, 0.1) is 0 Å². The Morgan fingerprint density at radius 1 is 1.31 bits per heavy atom. The van der Waals surface area contributed by atoms with Crippen LogP contribution in [0.4, 0.5) is 0 Å². The highest BCUT2D eigenvalue weighted by molar-refractivity contribution is 5.84. The Morgan fingerprint density at radius 3 is 3.06 bits per heavy atom. The number of benzene rings is 1. The standard InChI is InChI=1S/C14H18N2/c1-2-16-9-5-8-14-12(10-16)11-6-3-4-7-13(11)15-14/h3-4,6-7,15H,2,5,8-10H2,1H3. The van der Waals surface area contributed by atoms with Crippen molar-refractivity contribution < 1.29 is 0 Å². The number of hydrogen-bond donors (Lipinski definition) is 1. The van der Waals surface area contributed by atoms with Gasteiger partial charge in [-0.1, -0.05) is 25.1 Å². The summed E-state index contributed by atoms with van der Waals surface area (Å²) in [6.07, 6.45) is 2.47. The van der Waals surface area contributed by atoms with E-state index in [4.69, 9.17) is 0 Å². The first-order valence-corrected chi connectivity index (χ1v) is 6.19. The van der Waals surface area contributed by atoms with Crippen molar-refractivity contribution in [3.63, 3.8) is 0 Å². The fraction of sp³-hybridized carbons (Fsp3) is 0.429. The molecular formula is C14H18N2. The van der Waals surface area contributed by atoms with Crippen molar-refractivity contribution >= 4 is 10.9 Å². The lowest BCUT2D eigenvalue weighted by molar-refractivity contribution is 0.285. The smallest absolute Gasteiger partial charge is 0.0459 e. The van der Waals surface area contributed by atoms with Gasteiger partial charge in [-0.25, -0.2) is 0 Å². The van der Waals surface area contributed by atoms with Crippen LogP contribution >= 0.6 is 0 Å². The van der Waals surface area contributed by atoms with Gasteiger partial charge >= 0.3 is 0 Å². The van der Waals surface area contributed by atoms with Crippen molar-refractivity contribution in [1.29, 1.82) is 0 Å². The number of aromatic amines is 1. The minimum Gasteiger partial charge on any atom is -0.358 e. The zero-order chi connectivity index (χ0) is 11.0. The second-order valence-electron chi connectivity index (χ2n) is 4.60. The van der Waals surface area contributed by atoms with Gasteiger partial charge in [0.2, 0.25) is 0 Å². The van der Waals surface area contributed by atoms with Crippen LogP contribution in [0, 0.1) is 0 Å². The van der Waals surface area contributed by atoms with Gasteiger partial charge in [0.25, 0.3) is 0 Å². The molecule has 0 saturated heterocycles. The molecule has 0 bridgehead atoms. The van der Waals surface area contributed by atoms with Crippen molar-refractivity contribution in [2.24, 2.45) is 0 Å². The van der Waals surface area contributed by atoms with Crippen LogP contribution in [-0.2, 0) is 13.0 Å². The fourth-order valence-electron chi connectivity index (χ4n) is 2.70. The minimum atomic E-state index is 1.11. The molecule has 0 fully saturated rings. The number of aromatic nitrogens is 1. The molecule has 84 valence electrons. The molecule has 1 aliphatic rings. The zero-order valence-corrected chi connectivity index (χ0v) is 9.79. The van der Waals surface area contributed by atoms with Crippen LogP contribution in [0.15, 0.2) is 24.3 Å². The summed E-state index contributed by atoms with van der Waals surface area (Å²) in [6, 6.07) is 8.66. The van der Waals surface area contributed by atoms with Crippen LogP contribution < -0.4 is 0 Å². The predicted octanol–water partition coefficient (Wildman–Crippen LogP) is 2.94. The van der Waals surface area contributed by atoms with Crippen molar-refractivity contribution in [2.45, 2.75) is 26.3 Å². The number of aryl methyl sites for hydroxylation is 1. The molecule has 2 heterocycles. The van der Waals surface area contributed by atoms with Gasteiger partial charge in [0.1, 0.15) is 0 Å². The second-order valence-corrected chi connectivity index (χ2v) is 4.60. The molecule has 2 nitrogen and oxygen atoms in total. The maximum atomic E-state index is 3.57. The Kier molecular flexibility index (Phi) is 2.44. The van der Waals surface area contributed by atoms with E-state index in [9.17, 15) is 0 Å². The number of fused-ring (bicyclic) bond motifs is 3. The Balaban J connectivity index is 2.12. The quantitative estimate of drug-likeness (QED) is 0.773. The van der Waals surface area contributed by atoms with Crippen molar-refractivity contribution in [1.82, 2.24) is 9.88 Å². The van der Waals surface area contributed by atoms with Gasteiger partial charge in [-0.05, 0) is 37.6 Å². The molecule has 0 unspecified atom stereocenters. The van der Waals surface area contributed by atoms with Crippen molar-refractivity contribution in [3.8, 4) is 0 Å². The lowest BCUT2D eigenvalue weighted by Gasteiger charge is -2.17. The highest BCUT2D eigenvalue weighted by atomic mass is 15.1. The van der Waals surface area contributed by atoms with Crippen molar-refractivity contribution in [3.05, 3.63) is 35.5 Å². The van der Waals surface area contributed by atoms with Crippen LogP contribution in [0.5, 0.6) is 0 Å². The number of nitrogens with zero attached hydrogens (tertiary/aromatic N) is 1. The number of rotatable bonds is 1. The van der Waals surface area contributed by atoms with Crippen LogP contribution in [0.1, 0.15) is 24.6 Å². The summed E-state index contributed by atoms with van der Waals surface area (Å²) < 4.78 is 0. The lowest BCUT2D eigenvalue weighted by Crippen LogP contribution is -2.22. The molecular weight excluding hydrogens is 196 g/mol. The topological polar surface area (TPSA) is 19.0 Å². The van der Waals surface area contributed by atoms with E-state index in [0.717, 1.165) is 13.1 Å². The highest BCUT2D eigenvalue weighted by Gasteiger charge is 2.17. The summed E-state index contributed by atoms with van der Waals surface area (Å²) in [7, 11) is 0. The largest absolute Gasteiger partial charge is 0.358 e. The van der Waals surface area contributed by atoms with Crippen LogP contribution in [0.2, 0.25) is 0 Å². The molecule has 0 radical (unpaired) electrons. The molecule has 0 atom stereocenters. The average molecular weight is 214 g/mol. The normalized spacial score (nSPS) is 17.3. The van der Waals surface area contributed by atoms with Gasteiger partial charge in [-0.2, -0.15) is 0 Å². The van der Waals surface area contributed by atoms with Gasteiger partial charge in [-0.15, -0.1) is 0 Å². The first-order chi connectivity index (χ1) is 7.88. The molecule has 0 aliphatic carbocycles. The van der Waals surface area contributed by atoms with E-state index in [0.29, 0.717) is 0 Å². The van der Waals surface area contributed by atoms with Gasteiger partial charge in [0, 0.05) is 23.1 Å². The van der Waals surface area contributed by atoms with Crippen molar-refractivity contribution in [2.75, 3.05) is 13.1 Å². The van der Waals surface area contributed by atoms with E-state index < -0.39 is 0 Å². The molecule has 1 aromatic heterocycles. The third-order valence-electron chi connectivity index (χ3n) is 3.63. The molecule has 0 spiro atoms. The summed E-state index contributed by atoms with van der Waals surface area (Å²) in [6.45, 7) is 5.74. The Morgan fingerprint density at radius 2 is 2.19 bits per heavy atom. The number of para-hydroxylation sites is 1. The minimum absolute atomic E-state index is 1.11. The average Bonchev–Trinajstić information content (AvgIpc) is 2.54. The predicted molar refractivity (Wildman–Crippen MR) is 67.6 cm³/mol. The monoisotopic (exact) mass is 214 g/mol. The maximum absolute atomic E-state index is 3.57. The summed E-state index contributed by atoms with van der Waals surface area (Å²) in [5.41, 5.74) is 4.28. The first kappa shape index (κ1) is 9.91. The molecule has 2 aromatic rings. The third-order valence-corrected chi connectivity index (χ3v) is 3.63. The van der Waals surface area contributed by atoms with E-state index in [1.54, 1.807) is 0 Å². The molecule has 0 amide bonds. The molecule has 0 saturated carbocycles. The van der Waals surface area contributed by atoms with E-state index in [2.05, 4.69) is 41.1 Å². The Hall–Kier alpha value is -1.28. The highest BCUT2D eigenvalue weighted by Crippen LogP contribution is 2.26. The number of H-pyrrole nitrogens is 1. The zero-order valence-electron chi connectivity index (χ0n) is 9.79.